The average molecular weight is 461 g/mol. The first-order chi connectivity index (χ1) is 16.1. The number of allylic oxidation sites excluding steroid dienone is 2. The van der Waals surface area contributed by atoms with Gasteiger partial charge in [0.15, 0.2) is 0 Å². The summed E-state index contributed by atoms with van der Waals surface area (Å²) in [6.07, 6.45) is 4.70. The Kier molecular flexibility index (Phi) is 9.25. The third-order valence-electron chi connectivity index (χ3n) is 5.29. The van der Waals surface area contributed by atoms with Gasteiger partial charge in [-0.3, -0.25) is 0 Å². The molecule has 34 heavy (non-hydrogen) atoms. The summed E-state index contributed by atoms with van der Waals surface area (Å²) in [5, 5.41) is 8.05. The zero-order valence-corrected chi connectivity index (χ0v) is 20.3. The number of hydrogen-bond acceptors (Lipinski definition) is 6. The molecular formula is C28H32N2O4. The summed E-state index contributed by atoms with van der Waals surface area (Å²) >= 11 is 0. The number of carbonyl (C=O) groups excluding carboxylic acids is 2. The number of carbonyl (C=O) groups is 2. The van der Waals surface area contributed by atoms with Crippen LogP contribution in [0.1, 0.15) is 51.7 Å². The minimum Gasteiger partial charge on any atom is -0.306 e. The molecule has 0 bridgehead atoms. The lowest BCUT2D eigenvalue weighted by atomic mass is 9.80. The van der Waals surface area contributed by atoms with E-state index in [0.29, 0.717) is 24.3 Å². The largest absolute Gasteiger partial charge is 0.445 e. The number of benzene rings is 2. The average Bonchev–Trinajstić information content (AvgIpc) is 2.80. The molecule has 0 fully saturated rings. The van der Waals surface area contributed by atoms with Gasteiger partial charge in [-0.15, -0.1) is 13.2 Å². The van der Waals surface area contributed by atoms with Crippen molar-refractivity contribution in [2.45, 2.75) is 40.5 Å². The fourth-order valence-corrected chi connectivity index (χ4v) is 3.49. The molecule has 0 saturated carbocycles. The molecule has 2 aromatic rings. The minimum absolute atomic E-state index is 0.485. The fraction of sp³-hybridized carbons (Fsp3) is 0.286. The third-order valence-corrected chi connectivity index (χ3v) is 5.29. The second-order valence-corrected chi connectivity index (χ2v) is 9.12. The van der Waals surface area contributed by atoms with Gasteiger partial charge >= 0.3 is 11.9 Å². The Morgan fingerprint density at radius 2 is 1.03 bits per heavy atom. The van der Waals surface area contributed by atoms with Gasteiger partial charge in [0, 0.05) is 10.8 Å². The van der Waals surface area contributed by atoms with Crippen LogP contribution in [0.5, 0.6) is 0 Å². The number of nitrogens with zero attached hydrogens (tertiary/aromatic N) is 2. The molecule has 0 heterocycles. The van der Waals surface area contributed by atoms with Crippen LogP contribution in [0.3, 0.4) is 0 Å². The van der Waals surface area contributed by atoms with Crippen molar-refractivity contribution in [2.75, 3.05) is 0 Å². The van der Waals surface area contributed by atoms with Crippen LogP contribution in [0.4, 0.5) is 0 Å². The lowest BCUT2D eigenvalue weighted by Crippen LogP contribution is -2.27. The van der Waals surface area contributed by atoms with E-state index < -0.39 is 22.8 Å². The molecule has 178 valence electrons. The molecule has 6 nitrogen and oxygen atoms in total. The highest BCUT2D eigenvalue weighted by Gasteiger charge is 2.29. The maximum absolute atomic E-state index is 12.4. The summed E-state index contributed by atoms with van der Waals surface area (Å²) in [5.74, 6) is -2.53. The van der Waals surface area contributed by atoms with Gasteiger partial charge in [-0.1, -0.05) is 111 Å². The second kappa shape index (κ2) is 11.9. The molecule has 0 aliphatic rings. The molecule has 6 heteroatoms. The Morgan fingerprint density at radius 1 is 0.706 bits per heavy atom. The molecule has 0 unspecified atom stereocenters. The molecule has 2 rings (SSSR count). The van der Waals surface area contributed by atoms with Crippen molar-refractivity contribution >= 4 is 23.4 Å². The predicted molar refractivity (Wildman–Crippen MR) is 135 cm³/mol. The van der Waals surface area contributed by atoms with Gasteiger partial charge in [-0.25, -0.2) is 9.59 Å². The first kappa shape index (κ1) is 26.5. The fourth-order valence-electron chi connectivity index (χ4n) is 3.49. The maximum atomic E-state index is 12.4. The van der Waals surface area contributed by atoms with Crippen LogP contribution in [-0.4, -0.2) is 23.4 Å². The van der Waals surface area contributed by atoms with E-state index in [4.69, 9.17) is 9.68 Å². The van der Waals surface area contributed by atoms with Crippen molar-refractivity contribution in [1.82, 2.24) is 0 Å². The standard InChI is InChI=1S/C28H32N2O4/c1-7-19-27(3,4)23(21-15-11-9-12-16-21)29-33-25(31)26(32)34-30-24(28(5,6)20-8-2)22-17-13-10-14-18-22/h7-18H,1-2,19-20H2,3-6H3/b29-23-,30-24+. The van der Waals surface area contributed by atoms with Crippen LogP contribution in [0.15, 0.2) is 96.3 Å². The predicted octanol–water partition coefficient (Wildman–Crippen LogP) is 6.09. The highest BCUT2D eigenvalue weighted by molar-refractivity contribution is 6.29. The zero-order chi connectivity index (χ0) is 25.2. The van der Waals surface area contributed by atoms with E-state index in [9.17, 15) is 9.59 Å². The van der Waals surface area contributed by atoms with E-state index in [0.717, 1.165) is 11.1 Å². The minimum atomic E-state index is -1.26. The Balaban J connectivity index is 2.26. The zero-order valence-electron chi connectivity index (χ0n) is 20.3. The molecule has 0 aromatic heterocycles. The molecule has 0 N–H and O–H groups in total. The van der Waals surface area contributed by atoms with Crippen LogP contribution in [-0.2, 0) is 19.3 Å². The summed E-state index contributed by atoms with van der Waals surface area (Å²) in [5.41, 5.74) is 1.59. The summed E-state index contributed by atoms with van der Waals surface area (Å²) in [4.78, 5) is 34.7. The van der Waals surface area contributed by atoms with Crippen molar-refractivity contribution in [2.24, 2.45) is 21.1 Å². The Bertz CT molecular complexity index is 981. The lowest BCUT2D eigenvalue weighted by Gasteiger charge is -2.25. The monoisotopic (exact) mass is 460 g/mol. The van der Waals surface area contributed by atoms with Gasteiger partial charge in [-0.05, 0) is 24.0 Å². The van der Waals surface area contributed by atoms with E-state index in [1.807, 2.05) is 88.4 Å². The van der Waals surface area contributed by atoms with Crippen molar-refractivity contribution in [3.8, 4) is 0 Å². The van der Waals surface area contributed by atoms with Gasteiger partial charge in [0.1, 0.15) is 0 Å². The first-order valence-electron chi connectivity index (χ1n) is 11.0. The summed E-state index contributed by atoms with van der Waals surface area (Å²) in [6.45, 7) is 15.4. The van der Waals surface area contributed by atoms with Crippen molar-refractivity contribution < 1.29 is 19.3 Å². The molecular weight excluding hydrogens is 428 g/mol. The van der Waals surface area contributed by atoms with Gasteiger partial charge in [0.25, 0.3) is 0 Å². The highest BCUT2D eigenvalue weighted by Crippen LogP contribution is 2.28. The van der Waals surface area contributed by atoms with Crippen LogP contribution in [0.2, 0.25) is 0 Å². The number of hydrogen-bond donors (Lipinski definition) is 0. The molecule has 0 spiro atoms. The molecule has 2 aromatic carbocycles. The third kappa shape index (κ3) is 7.10. The highest BCUT2D eigenvalue weighted by atomic mass is 16.7. The van der Waals surface area contributed by atoms with Gasteiger partial charge in [0.05, 0.1) is 11.4 Å². The lowest BCUT2D eigenvalue weighted by molar-refractivity contribution is -0.167. The number of oxime groups is 2. The van der Waals surface area contributed by atoms with Crippen LogP contribution in [0, 0.1) is 10.8 Å². The second-order valence-electron chi connectivity index (χ2n) is 9.12. The number of rotatable bonds is 10. The van der Waals surface area contributed by atoms with Crippen LogP contribution in [0.25, 0.3) is 0 Å². The molecule has 0 radical (unpaired) electrons. The molecule has 0 amide bonds. The normalized spacial score (nSPS) is 12.6. The van der Waals surface area contributed by atoms with Crippen molar-refractivity contribution in [3.05, 3.63) is 97.1 Å². The topological polar surface area (TPSA) is 77.3 Å². The van der Waals surface area contributed by atoms with Crippen LogP contribution < -0.4 is 0 Å². The Hall–Kier alpha value is -3.80. The summed E-state index contributed by atoms with van der Waals surface area (Å²) in [6, 6.07) is 18.6. The Morgan fingerprint density at radius 3 is 1.32 bits per heavy atom. The van der Waals surface area contributed by atoms with Crippen molar-refractivity contribution in [3.63, 3.8) is 0 Å². The van der Waals surface area contributed by atoms with E-state index in [2.05, 4.69) is 23.5 Å². The Labute approximate surface area is 201 Å². The molecule has 0 aliphatic carbocycles. The van der Waals surface area contributed by atoms with Gasteiger partial charge in [-0.2, -0.15) is 0 Å². The van der Waals surface area contributed by atoms with E-state index in [-0.39, 0.29) is 0 Å². The molecule has 0 aliphatic heterocycles. The summed E-state index contributed by atoms with van der Waals surface area (Å²) in [7, 11) is 0. The first-order valence-corrected chi connectivity index (χ1v) is 11.0. The van der Waals surface area contributed by atoms with Gasteiger partial charge in [0.2, 0.25) is 0 Å². The molecule has 0 atom stereocenters. The smallest absolute Gasteiger partial charge is 0.306 e. The SMILES string of the molecule is C=CCC(C)(C)/C(=N/OC(=O)C(=O)O/N=C(/c1ccccc1)C(C)(C)CC=C)c1ccccc1. The maximum Gasteiger partial charge on any atom is 0.445 e. The van der Waals surface area contributed by atoms with E-state index in [1.165, 1.54) is 0 Å². The summed E-state index contributed by atoms with van der Waals surface area (Å²) < 4.78 is 0. The van der Waals surface area contributed by atoms with Gasteiger partial charge < -0.3 is 9.68 Å². The van der Waals surface area contributed by atoms with Crippen molar-refractivity contribution in [1.29, 1.82) is 0 Å². The van der Waals surface area contributed by atoms with E-state index in [1.54, 1.807) is 12.2 Å². The molecule has 0 saturated heterocycles. The van der Waals surface area contributed by atoms with Crippen LogP contribution >= 0.6 is 0 Å². The van der Waals surface area contributed by atoms with E-state index >= 15 is 0 Å². The quantitative estimate of drug-likeness (QED) is 0.141.